The fourth-order valence-corrected chi connectivity index (χ4v) is 1.96. The zero-order chi connectivity index (χ0) is 10.8. The van der Waals surface area contributed by atoms with Crippen molar-refractivity contribution < 1.29 is 4.79 Å². The van der Waals surface area contributed by atoms with E-state index in [9.17, 15) is 4.79 Å². The number of Topliss-reactive ketones (excluding diaryl/α,β-unsaturated/α-hetero) is 1. The summed E-state index contributed by atoms with van der Waals surface area (Å²) in [4.78, 5) is 12.8. The molecule has 1 aromatic rings. The summed E-state index contributed by atoms with van der Waals surface area (Å²) in [6, 6.07) is 1.89. The Hall–Kier alpha value is -0.670. The largest absolute Gasteiger partial charge is 0.326 e. The lowest BCUT2D eigenvalue weighted by Gasteiger charge is -2.17. The van der Waals surface area contributed by atoms with E-state index in [1.165, 1.54) is 0 Å². The monoisotopic (exact) mass is 211 g/mol. The summed E-state index contributed by atoms with van der Waals surface area (Å²) in [5.74, 6) is 0.210. The molecule has 0 bridgehead atoms. The van der Waals surface area contributed by atoms with Crippen molar-refractivity contribution in [3.63, 3.8) is 0 Å². The summed E-state index contributed by atoms with van der Waals surface area (Å²) >= 11 is 1.61. The van der Waals surface area contributed by atoms with Crippen molar-refractivity contribution in [1.82, 2.24) is 0 Å². The molecule has 0 aromatic carbocycles. The SMILES string of the molecule is Cc1sccc1C(=O)CCC(C)(C)N. The van der Waals surface area contributed by atoms with Crippen LogP contribution < -0.4 is 5.73 Å². The normalized spacial score (nSPS) is 11.7. The second-order valence-electron chi connectivity index (χ2n) is 4.30. The van der Waals surface area contributed by atoms with Gasteiger partial charge in [-0.2, -0.15) is 0 Å². The van der Waals surface area contributed by atoms with E-state index < -0.39 is 0 Å². The van der Waals surface area contributed by atoms with Crippen molar-refractivity contribution in [3.05, 3.63) is 21.9 Å². The number of thiophene rings is 1. The zero-order valence-electron chi connectivity index (χ0n) is 8.96. The standard InChI is InChI=1S/C11H17NOS/c1-8-9(5-7-14-8)10(13)4-6-11(2,3)12/h5,7H,4,6,12H2,1-3H3. The molecule has 0 aliphatic heterocycles. The number of hydrogen-bond donors (Lipinski definition) is 1. The van der Waals surface area contributed by atoms with Gasteiger partial charge in [-0.15, -0.1) is 11.3 Å². The lowest BCUT2D eigenvalue weighted by atomic mass is 9.96. The minimum Gasteiger partial charge on any atom is -0.326 e. The van der Waals surface area contributed by atoms with Crippen LogP contribution in [0.2, 0.25) is 0 Å². The molecule has 1 heterocycles. The lowest BCUT2D eigenvalue weighted by Crippen LogP contribution is -2.32. The molecule has 14 heavy (non-hydrogen) atoms. The van der Waals surface area contributed by atoms with Gasteiger partial charge in [0.25, 0.3) is 0 Å². The maximum atomic E-state index is 11.7. The lowest BCUT2D eigenvalue weighted by molar-refractivity contribution is 0.0972. The molecule has 0 radical (unpaired) electrons. The minimum atomic E-state index is -0.250. The van der Waals surface area contributed by atoms with E-state index in [-0.39, 0.29) is 11.3 Å². The maximum Gasteiger partial charge on any atom is 0.164 e. The van der Waals surface area contributed by atoms with Crippen LogP contribution in [0.3, 0.4) is 0 Å². The molecule has 0 unspecified atom stereocenters. The predicted molar refractivity (Wildman–Crippen MR) is 60.9 cm³/mol. The minimum absolute atomic E-state index is 0.210. The summed E-state index contributed by atoms with van der Waals surface area (Å²) in [6.45, 7) is 5.87. The van der Waals surface area contributed by atoms with E-state index in [0.717, 1.165) is 16.9 Å². The van der Waals surface area contributed by atoms with E-state index in [1.54, 1.807) is 11.3 Å². The van der Waals surface area contributed by atoms with Gasteiger partial charge in [0.15, 0.2) is 5.78 Å². The summed E-state index contributed by atoms with van der Waals surface area (Å²) in [5.41, 5.74) is 6.44. The van der Waals surface area contributed by atoms with Crippen LogP contribution in [0.4, 0.5) is 0 Å². The van der Waals surface area contributed by atoms with Crippen LogP contribution in [0.5, 0.6) is 0 Å². The Morgan fingerprint density at radius 3 is 2.64 bits per heavy atom. The molecule has 0 fully saturated rings. The highest BCUT2D eigenvalue weighted by Crippen LogP contribution is 2.19. The fourth-order valence-electron chi connectivity index (χ4n) is 1.24. The molecule has 78 valence electrons. The summed E-state index contributed by atoms with van der Waals surface area (Å²) < 4.78 is 0. The van der Waals surface area contributed by atoms with Gasteiger partial charge in [0, 0.05) is 22.4 Å². The van der Waals surface area contributed by atoms with Crippen molar-refractivity contribution >= 4 is 17.1 Å². The highest BCUT2D eigenvalue weighted by Gasteiger charge is 2.15. The highest BCUT2D eigenvalue weighted by atomic mass is 32.1. The average molecular weight is 211 g/mol. The van der Waals surface area contributed by atoms with Crippen molar-refractivity contribution in [2.45, 2.75) is 39.2 Å². The first-order valence-corrected chi connectivity index (χ1v) is 5.64. The number of aryl methyl sites for hydroxylation is 1. The predicted octanol–water partition coefficient (Wildman–Crippen LogP) is 2.76. The second kappa shape index (κ2) is 4.24. The molecule has 0 saturated heterocycles. The van der Waals surface area contributed by atoms with Crippen molar-refractivity contribution in [3.8, 4) is 0 Å². The molecule has 0 spiro atoms. The Morgan fingerprint density at radius 1 is 1.57 bits per heavy atom. The molecule has 3 heteroatoms. The Morgan fingerprint density at radius 2 is 2.21 bits per heavy atom. The van der Waals surface area contributed by atoms with Crippen LogP contribution in [0, 0.1) is 6.92 Å². The first-order chi connectivity index (χ1) is 6.40. The van der Waals surface area contributed by atoms with Gasteiger partial charge in [0.1, 0.15) is 0 Å². The number of nitrogens with two attached hydrogens (primary N) is 1. The molecule has 2 N–H and O–H groups in total. The van der Waals surface area contributed by atoms with Crippen LogP contribution in [-0.2, 0) is 0 Å². The Balaban J connectivity index is 2.56. The highest BCUT2D eigenvalue weighted by molar-refractivity contribution is 7.10. The number of carbonyl (C=O) groups is 1. The molecular formula is C11H17NOS. The van der Waals surface area contributed by atoms with Gasteiger partial charge in [-0.3, -0.25) is 4.79 Å². The molecular weight excluding hydrogens is 194 g/mol. The summed E-state index contributed by atoms with van der Waals surface area (Å²) in [6.07, 6.45) is 1.28. The van der Waals surface area contributed by atoms with Crippen molar-refractivity contribution in [1.29, 1.82) is 0 Å². The molecule has 0 aliphatic rings. The van der Waals surface area contributed by atoms with Gasteiger partial charge in [-0.1, -0.05) is 0 Å². The number of rotatable bonds is 4. The molecule has 0 amide bonds. The molecule has 2 nitrogen and oxygen atoms in total. The number of carbonyl (C=O) groups excluding carboxylic acids is 1. The Labute approximate surface area is 89.1 Å². The topological polar surface area (TPSA) is 43.1 Å². The first-order valence-electron chi connectivity index (χ1n) is 4.76. The third-order valence-corrected chi connectivity index (χ3v) is 3.00. The summed E-state index contributed by atoms with van der Waals surface area (Å²) in [7, 11) is 0. The van der Waals surface area contributed by atoms with Crippen molar-refractivity contribution in [2.75, 3.05) is 0 Å². The van der Waals surface area contributed by atoms with Crippen LogP contribution in [-0.4, -0.2) is 11.3 Å². The molecule has 0 saturated carbocycles. The third-order valence-electron chi connectivity index (χ3n) is 2.16. The second-order valence-corrected chi connectivity index (χ2v) is 5.42. The molecule has 0 atom stereocenters. The van der Waals surface area contributed by atoms with E-state index in [1.807, 2.05) is 32.2 Å². The van der Waals surface area contributed by atoms with Crippen LogP contribution in [0.15, 0.2) is 11.4 Å². The third kappa shape index (κ3) is 3.24. The molecule has 0 aliphatic carbocycles. The van der Waals surface area contributed by atoms with E-state index in [4.69, 9.17) is 5.73 Å². The summed E-state index contributed by atoms with van der Waals surface area (Å²) in [5, 5.41) is 1.95. The molecule has 1 rings (SSSR count). The van der Waals surface area contributed by atoms with E-state index in [0.29, 0.717) is 6.42 Å². The Bertz CT molecular complexity index is 322. The first kappa shape index (κ1) is 11.4. The van der Waals surface area contributed by atoms with Crippen LogP contribution >= 0.6 is 11.3 Å². The van der Waals surface area contributed by atoms with E-state index in [2.05, 4.69) is 0 Å². The van der Waals surface area contributed by atoms with Gasteiger partial charge in [0.2, 0.25) is 0 Å². The van der Waals surface area contributed by atoms with Gasteiger partial charge in [-0.25, -0.2) is 0 Å². The quantitative estimate of drug-likeness (QED) is 0.778. The number of ketones is 1. The van der Waals surface area contributed by atoms with Gasteiger partial charge in [-0.05, 0) is 38.6 Å². The fraction of sp³-hybridized carbons (Fsp3) is 0.545. The van der Waals surface area contributed by atoms with Gasteiger partial charge in [0.05, 0.1) is 0 Å². The van der Waals surface area contributed by atoms with E-state index >= 15 is 0 Å². The van der Waals surface area contributed by atoms with Crippen LogP contribution in [0.25, 0.3) is 0 Å². The smallest absolute Gasteiger partial charge is 0.164 e. The average Bonchev–Trinajstić information content (AvgIpc) is 2.46. The van der Waals surface area contributed by atoms with Crippen molar-refractivity contribution in [2.24, 2.45) is 5.73 Å². The van der Waals surface area contributed by atoms with Gasteiger partial charge < -0.3 is 5.73 Å². The van der Waals surface area contributed by atoms with Gasteiger partial charge >= 0.3 is 0 Å². The maximum absolute atomic E-state index is 11.7. The number of hydrogen-bond acceptors (Lipinski definition) is 3. The van der Waals surface area contributed by atoms with Crippen LogP contribution in [0.1, 0.15) is 41.9 Å². The zero-order valence-corrected chi connectivity index (χ0v) is 9.78. The molecule has 1 aromatic heterocycles. The Kier molecular flexibility index (Phi) is 3.45.